The summed E-state index contributed by atoms with van der Waals surface area (Å²) in [7, 11) is 0. The molecule has 0 spiro atoms. The molecule has 7 heteroatoms. The molecule has 1 aliphatic rings. The first-order valence-corrected chi connectivity index (χ1v) is 12.0. The number of fused-ring (bicyclic) bond motifs is 3. The van der Waals surface area contributed by atoms with E-state index >= 15 is 0 Å². The number of aromatic nitrogens is 2. The van der Waals surface area contributed by atoms with E-state index in [-0.39, 0.29) is 17.2 Å². The van der Waals surface area contributed by atoms with E-state index in [0.717, 1.165) is 47.2 Å². The number of anilines is 1. The second-order valence-corrected chi connectivity index (χ2v) is 9.69. The molecule has 1 aromatic carbocycles. The van der Waals surface area contributed by atoms with E-state index in [2.05, 4.69) is 18.8 Å². The number of nitrogens with zero attached hydrogens (tertiary/aromatic N) is 2. The number of carbonyl (C=O) groups is 1. The third-order valence-corrected chi connectivity index (χ3v) is 7.36. The fourth-order valence-electron chi connectivity index (χ4n) is 3.73. The van der Waals surface area contributed by atoms with Gasteiger partial charge in [0.1, 0.15) is 4.83 Å². The van der Waals surface area contributed by atoms with Crippen LogP contribution in [-0.2, 0) is 30.6 Å². The van der Waals surface area contributed by atoms with E-state index in [1.807, 2.05) is 31.2 Å². The van der Waals surface area contributed by atoms with Crippen molar-refractivity contribution < 1.29 is 4.79 Å². The SMILES string of the molecule is C=C(C)Cn1c(SCC(=O)Nc2ccc(CC)cc2)nc2sc3c(c2c1=O)CCC3. The van der Waals surface area contributed by atoms with E-state index < -0.39 is 0 Å². The third-order valence-electron chi connectivity index (χ3n) is 5.20. The number of aryl methyl sites for hydroxylation is 3. The van der Waals surface area contributed by atoms with Crippen LogP contribution in [0.2, 0.25) is 0 Å². The van der Waals surface area contributed by atoms with E-state index in [9.17, 15) is 9.59 Å². The maximum atomic E-state index is 13.3. The summed E-state index contributed by atoms with van der Waals surface area (Å²) < 4.78 is 1.67. The fraction of sp³-hybridized carbons (Fsp3) is 0.348. The van der Waals surface area contributed by atoms with Crippen LogP contribution in [0.4, 0.5) is 5.69 Å². The van der Waals surface area contributed by atoms with E-state index in [0.29, 0.717) is 11.7 Å². The van der Waals surface area contributed by atoms with Crippen LogP contribution in [0.5, 0.6) is 0 Å². The number of nitrogens with one attached hydrogen (secondary N) is 1. The van der Waals surface area contributed by atoms with Crippen molar-refractivity contribution in [1.29, 1.82) is 0 Å². The molecule has 0 unspecified atom stereocenters. The Labute approximate surface area is 184 Å². The van der Waals surface area contributed by atoms with Crippen LogP contribution >= 0.6 is 23.1 Å². The van der Waals surface area contributed by atoms with Crippen LogP contribution in [0.15, 0.2) is 46.4 Å². The van der Waals surface area contributed by atoms with Crippen molar-refractivity contribution in [3.63, 3.8) is 0 Å². The van der Waals surface area contributed by atoms with Gasteiger partial charge in [-0.05, 0) is 55.9 Å². The largest absolute Gasteiger partial charge is 0.325 e. The molecule has 3 aromatic rings. The highest BCUT2D eigenvalue weighted by Gasteiger charge is 2.23. The van der Waals surface area contributed by atoms with Crippen LogP contribution < -0.4 is 10.9 Å². The molecule has 5 nitrogen and oxygen atoms in total. The van der Waals surface area contributed by atoms with Crippen LogP contribution in [0.1, 0.15) is 36.3 Å². The number of carbonyl (C=O) groups excluding carboxylic acids is 1. The van der Waals surface area contributed by atoms with Gasteiger partial charge in [-0.15, -0.1) is 11.3 Å². The summed E-state index contributed by atoms with van der Waals surface area (Å²) in [6.07, 6.45) is 4.04. The van der Waals surface area contributed by atoms with Crippen LogP contribution in [-0.4, -0.2) is 21.2 Å². The van der Waals surface area contributed by atoms with Crippen molar-refractivity contribution in [1.82, 2.24) is 9.55 Å². The molecule has 0 aliphatic heterocycles. The van der Waals surface area contributed by atoms with E-state index in [4.69, 9.17) is 4.98 Å². The molecule has 4 rings (SSSR count). The Hall–Kier alpha value is -2.38. The number of allylic oxidation sites excluding steroid dienone is 1. The fourth-order valence-corrected chi connectivity index (χ4v) is 5.83. The maximum Gasteiger partial charge on any atom is 0.263 e. The molecule has 1 N–H and O–H groups in total. The van der Waals surface area contributed by atoms with Gasteiger partial charge in [-0.2, -0.15) is 0 Å². The summed E-state index contributed by atoms with van der Waals surface area (Å²) in [6, 6.07) is 7.85. The van der Waals surface area contributed by atoms with Gasteiger partial charge in [0.15, 0.2) is 5.16 Å². The molecule has 0 saturated heterocycles. The zero-order valence-corrected chi connectivity index (χ0v) is 18.9. The Morgan fingerprint density at radius 1 is 1.30 bits per heavy atom. The molecule has 2 aromatic heterocycles. The molecule has 0 fully saturated rings. The lowest BCUT2D eigenvalue weighted by Gasteiger charge is -2.12. The lowest BCUT2D eigenvalue weighted by molar-refractivity contribution is -0.113. The second kappa shape index (κ2) is 8.78. The van der Waals surface area contributed by atoms with Crippen molar-refractivity contribution in [3.05, 3.63) is 62.8 Å². The molecule has 0 saturated carbocycles. The lowest BCUT2D eigenvalue weighted by Crippen LogP contribution is -2.24. The minimum absolute atomic E-state index is 0.0135. The molecule has 156 valence electrons. The lowest BCUT2D eigenvalue weighted by atomic mass is 10.1. The summed E-state index contributed by atoms with van der Waals surface area (Å²) in [5, 5.41) is 4.26. The third kappa shape index (κ3) is 4.23. The van der Waals surface area contributed by atoms with E-state index in [1.165, 1.54) is 27.8 Å². The Balaban J connectivity index is 1.57. The highest BCUT2D eigenvalue weighted by atomic mass is 32.2. The number of hydrogen-bond donors (Lipinski definition) is 1. The summed E-state index contributed by atoms with van der Waals surface area (Å²) in [6.45, 7) is 8.37. The topological polar surface area (TPSA) is 64.0 Å². The van der Waals surface area contributed by atoms with Crippen molar-refractivity contribution in [3.8, 4) is 0 Å². The van der Waals surface area contributed by atoms with Gasteiger partial charge in [0.25, 0.3) is 5.56 Å². The van der Waals surface area contributed by atoms with Crippen molar-refractivity contribution >= 4 is 44.9 Å². The first kappa shape index (κ1) is 20.9. The Morgan fingerprint density at radius 2 is 2.07 bits per heavy atom. The molecule has 30 heavy (non-hydrogen) atoms. The predicted octanol–water partition coefficient (Wildman–Crippen LogP) is 4.82. The highest BCUT2D eigenvalue weighted by molar-refractivity contribution is 7.99. The monoisotopic (exact) mass is 439 g/mol. The van der Waals surface area contributed by atoms with Gasteiger partial charge in [0, 0.05) is 17.1 Å². The van der Waals surface area contributed by atoms with Gasteiger partial charge >= 0.3 is 0 Å². The molecular weight excluding hydrogens is 414 g/mol. The summed E-state index contributed by atoms with van der Waals surface area (Å²) in [4.78, 5) is 32.6. The smallest absolute Gasteiger partial charge is 0.263 e. The molecule has 0 radical (unpaired) electrons. The number of hydrogen-bond acceptors (Lipinski definition) is 5. The molecule has 2 heterocycles. The molecule has 1 aliphatic carbocycles. The minimum Gasteiger partial charge on any atom is -0.325 e. The van der Waals surface area contributed by atoms with Gasteiger partial charge in [-0.3, -0.25) is 14.2 Å². The standard InChI is InChI=1S/C23H25N3O2S2/c1-4-15-8-10-16(11-9-15)24-19(27)13-29-23-25-21-20(17-6-5-7-18(17)30-21)22(28)26(23)12-14(2)3/h8-11H,2,4-7,12-13H2,1,3H3,(H,24,27). The van der Waals surface area contributed by atoms with Gasteiger partial charge in [0.2, 0.25) is 5.91 Å². The number of amides is 1. The highest BCUT2D eigenvalue weighted by Crippen LogP contribution is 2.35. The van der Waals surface area contributed by atoms with Gasteiger partial charge < -0.3 is 5.32 Å². The van der Waals surface area contributed by atoms with Crippen LogP contribution in [0, 0.1) is 0 Å². The molecule has 1 amide bonds. The zero-order valence-electron chi connectivity index (χ0n) is 17.3. The van der Waals surface area contributed by atoms with Gasteiger partial charge in [-0.25, -0.2) is 4.98 Å². The Bertz CT molecular complexity index is 1180. The van der Waals surface area contributed by atoms with Gasteiger partial charge in [0.05, 0.1) is 11.1 Å². The van der Waals surface area contributed by atoms with Crippen LogP contribution in [0.25, 0.3) is 10.2 Å². The average Bonchev–Trinajstić information content (AvgIpc) is 3.30. The predicted molar refractivity (Wildman–Crippen MR) is 126 cm³/mol. The molecule has 0 atom stereocenters. The second-order valence-electron chi connectivity index (χ2n) is 7.67. The van der Waals surface area contributed by atoms with Crippen LogP contribution in [0.3, 0.4) is 0 Å². The number of thioether (sulfide) groups is 1. The normalized spacial score (nSPS) is 12.9. The molecule has 0 bridgehead atoms. The van der Waals surface area contributed by atoms with Crippen molar-refractivity contribution in [2.45, 2.75) is 51.2 Å². The van der Waals surface area contributed by atoms with Crippen molar-refractivity contribution in [2.24, 2.45) is 0 Å². The number of rotatable bonds is 7. The summed E-state index contributed by atoms with van der Waals surface area (Å²) in [5.74, 6) is 0.0727. The van der Waals surface area contributed by atoms with E-state index in [1.54, 1.807) is 15.9 Å². The quantitative estimate of drug-likeness (QED) is 0.326. The zero-order chi connectivity index (χ0) is 21.3. The first-order chi connectivity index (χ1) is 14.5. The minimum atomic E-state index is -0.117. The average molecular weight is 440 g/mol. The Kier molecular flexibility index (Phi) is 6.11. The van der Waals surface area contributed by atoms with Gasteiger partial charge in [-0.1, -0.05) is 43.0 Å². The summed E-state index contributed by atoms with van der Waals surface area (Å²) >= 11 is 2.92. The number of thiophene rings is 1. The molecular formula is C23H25N3O2S2. The maximum absolute atomic E-state index is 13.3. The first-order valence-electron chi connectivity index (χ1n) is 10.2. The number of benzene rings is 1. The summed E-state index contributed by atoms with van der Waals surface area (Å²) in [5.41, 5.74) is 4.04. The van der Waals surface area contributed by atoms with Crippen molar-refractivity contribution in [2.75, 3.05) is 11.1 Å². The Morgan fingerprint density at radius 3 is 2.77 bits per heavy atom.